The molecule has 2 unspecified atom stereocenters. The van der Waals surface area contributed by atoms with E-state index in [1.54, 1.807) is 0 Å². The van der Waals surface area contributed by atoms with Crippen molar-refractivity contribution in [2.24, 2.45) is 5.92 Å². The topological polar surface area (TPSA) is 52.7 Å². The summed E-state index contributed by atoms with van der Waals surface area (Å²) in [5.41, 5.74) is 3.04. The molecule has 1 N–H and O–H groups in total. The van der Waals surface area contributed by atoms with Gasteiger partial charge in [-0.3, -0.25) is 9.59 Å². The zero-order valence-corrected chi connectivity index (χ0v) is 16.1. The minimum absolute atomic E-state index is 0.0576. The van der Waals surface area contributed by atoms with E-state index in [0.717, 1.165) is 30.8 Å². The Labute approximate surface area is 151 Å². The van der Waals surface area contributed by atoms with Crippen LogP contribution in [0.4, 0.5) is 11.4 Å². The van der Waals surface area contributed by atoms with E-state index >= 15 is 0 Å². The molecule has 2 atom stereocenters. The number of benzene rings is 1. The highest BCUT2D eigenvalue weighted by Gasteiger charge is 2.36. The van der Waals surface area contributed by atoms with Crippen LogP contribution in [0.3, 0.4) is 0 Å². The van der Waals surface area contributed by atoms with Gasteiger partial charge in [0.1, 0.15) is 0 Å². The van der Waals surface area contributed by atoms with Crippen LogP contribution in [0.1, 0.15) is 46.1 Å². The normalized spacial score (nSPS) is 18.4. The molecule has 0 aromatic heterocycles. The summed E-state index contributed by atoms with van der Waals surface area (Å²) in [6.45, 7) is 12.8. The summed E-state index contributed by atoms with van der Waals surface area (Å²) >= 11 is 0. The van der Waals surface area contributed by atoms with Gasteiger partial charge in [0, 0.05) is 43.5 Å². The summed E-state index contributed by atoms with van der Waals surface area (Å²) in [6.07, 6.45) is 1.22. The molecular weight excluding hydrogens is 314 g/mol. The van der Waals surface area contributed by atoms with Gasteiger partial charge in [-0.05, 0) is 57.9 Å². The monoisotopic (exact) mass is 345 g/mol. The molecule has 1 aliphatic rings. The number of aryl methyl sites for hydroxylation is 1. The smallest absolute Gasteiger partial charge is 0.229 e. The third kappa shape index (κ3) is 4.33. The zero-order valence-electron chi connectivity index (χ0n) is 16.1. The number of carbonyl (C=O) groups is 2. The minimum atomic E-state index is -0.261. The second-order valence-electron chi connectivity index (χ2n) is 6.87. The third-order valence-electron chi connectivity index (χ3n) is 5.25. The lowest BCUT2D eigenvalue weighted by Gasteiger charge is -2.24. The average molecular weight is 345 g/mol. The molecule has 0 radical (unpaired) electrons. The second-order valence-corrected chi connectivity index (χ2v) is 6.87. The van der Waals surface area contributed by atoms with Gasteiger partial charge in [0.25, 0.3) is 0 Å². The maximum atomic E-state index is 12.6. The van der Waals surface area contributed by atoms with Gasteiger partial charge in [0.15, 0.2) is 0 Å². The molecule has 2 rings (SSSR count). The fraction of sp³-hybridized carbons (Fsp3) is 0.600. The van der Waals surface area contributed by atoms with Gasteiger partial charge < -0.3 is 15.1 Å². The van der Waals surface area contributed by atoms with Gasteiger partial charge in [0.2, 0.25) is 11.8 Å². The van der Waals surface area contributed by atoms with Crippen molar-refractivity contribution in [2.45, 2.75) is 53.5 Å². The van der Waals surface area contributed by atoms with E-state index < -0.39 is 0 Å². The van der Waals surface area contributed by atoms with E-state index in [2.05, 4.69) is 37.1 Å². The van der Waals surface area contributed by atoms with Crippen LogP contribution in [0, 0.1) is 12.8 Å². The number of hydrogen-bond donors (Lipinski definition) is 1. The second kappa shape index (κ2) is 8.37. The fourth-order valence-corrected chi connectivity index (χ4v) is 3.36. The third-order valence-corrected chi connectivity index (χ3v) is 5.25. The molecule has 5 heteroatoms. The van der Waals surface area contributed by atoms with Crippen molar-refractivity contribution in [1.82, 2.24) is 4.90 Å². The summed E-state index contributed by atoms with van der Waals surface area (Å²) in [7, 11) is 0. The molecule has 2 amide bonds. The SMILES string of the molecule is CCC(C)N1CC(C(=O)Nc2ccc(N(CC)CC)cc2C)CC1=O. The lowest BCUT2D eigenvalue weighted by Crippen LogP contribution is -2.35. The Bertz CT molecular complexity index is 625. The molecule has 0 saturated carbocycles. The van der Waals surface area contributed by atoms with Gasteiger partial charge in [0.05, 0.1) is 5.92 Å². The first-order valence-electron chi connectivity index (χ1n) is 9.37. The van der Waals surface area contributed by atoms with Crippen molar-refractivity contribution in [2.75, 3.05) is 29.9 Å². The Morgan fingerprint density at radius 1 is 1.32 bits per heavy atom. The molecule has 1 aromatic carbocycles. The van der Waals surface area contributed by atoms with E-state index in [9.17, 15) is 9.59 Å². The number of carbonyl (C=O) groups excluding carboxylic acids is 2. The van der Waals surface area contributed by atoms with Crippen LogP contribution in [-0.2, 0) is 9.59 Å². The molecule has 0 aliphatic carbocycles. The summed E-state index contributed by atoms with van der Waals surface area (Å²) in [5, 5.41) is 3.02. The van der Waals surface area contributed by atoms with Crippen molar-refractivity contribution in [3.05, 3.63) is 23.8 Å². The molecule has 1 aromatic rings. The van der Waals surface area contributed by atoms with Crippen molar-refractivity contribution in [1.29, 1.82) is 0 Å². The first-order valence-corrected chi connectivity index (χ1v) is 9.37. The molecule has 0 bridgehead atoms. The Kier molecular flexibility index (Phi) is 6.45. The van der Waals surface area contributed by atoms with E-state index in [4.69, 9.17) is 0 Å². The maximum Gasteiger partial charge on any atom is 0.229 e. The van der Waals surface area contributed by atoms with E-state index in [0.29, 0.717) is 13.0 Å². The standard InChI is InChI=1S/C20H31N3O2/c1-6-15(5)23-13-16(12-19(23)24)20(25)21-18-10-9-17(11-14(18)4)22(7-2)8-3/h9-11,15-16H,6-8,12-13H2,1-5H3,(H,21,25). The van der Waals surface area contributed by atoms with Crippen molar-refractivity contribution in [3.8, 4) is 0 Å². The predicted octanol–water partition coefficient (Wildman–Crippen LogP) is 3.43. The van der Waals surface area contributed by atoms with Gasteiger partial charge in [-0.15, -0.1) is 0 Å². The zero-order chi connectivity index (χ0) is 18.6. The van der Waals surface area contributed by atoms with Crippen LogP contribution >= 0.6 is 0 Å². The lowest BCUT2D eigenvalue weighted by molar-refractivity contribution is -0.129. The van der Waals surface area contributed by atoms with Crippen molar-refractivity contribution < 1.29 is 9.59 Å². The van der Waals surface area contributed by atoms with Crippen LogP contribution in [-0.4, -0.2) is 42.4 Å². The van der Waals surface area contributed by atoms with E-state index in [1.807, 2.05) is 30.9 Å². The van der Waals surface area contributed by atoms with Gasteiger partial charge in [-0.2, -0.15) is 0 Å². The first kappa shape index (κ1) is 19.3. The lowest BCUT2D eigenvalue weighted by atomic mass is 10.1. The molecule has 138 valence electrons. The highest BCUT2D eigenvalue weighted by molar-refractivity contribution is 5.97. The van der Waals surface area contributed by atoms with Gasteiger partial charge in [-0.1, -0.05) is 6.92 Å². The number of amides is 2. The molecule has 5 nitrogen and oxygen atoms in total. The Balaban J connectivity index is 2.05. The average Bonchev–Trinajstić information content (AvgIpc) is 2.99. The molecule has 1 fully saturated rings. The van der Waals surface area contributed by atoms with E-state index in [1.165, 1.54) is 5.69 Å². The first-order chi connectivity index (χ1) is 11.9. The van der Waals surface area contributed by atoms with Crippen LogP contribution in [0.25, 0.3) is 0 Å². The maximum absolute atomic E-state index is 12.6. The predicted molar refractivity (Wildman–Crippen MR) is 103 cm³/mol. The Morgan fingerprint density at radius 3 is 2.56 bits per heavy atom. The number of likely N-dealkylation sites (tertiary alicyclic amines) is 1. The summed E-state index contributed by atoms with van der Waals surface area (Å²) < 4.78 is 0. The van der Waals surface area contributed by atoms with Crippen LogP contribution in [0.5, 0.6) is 0 Å². The Morgan fingerprint density at radius 2 is 2.00 bits per heavy atom. The van der Waals surface area contributed by atoms with Crippen LogP contribution in [0.2, 0.25) is 0 Å². The number of nitrogens with one attached hydrogen (secondary N) is 1. The highest BCUT2D eigenvalue weighted by atomic mass is 16.2. The molecule has 25 heavy (non-hydrogen) atoms. The van der Waals surface area contributed by atoms with E-state index in [-0.39, 0.29) is 23.8 Å². The summed E-state index contributed by atoms with van der Waals surface area (Å²) in [6, 6.07) is 6.30. The van der Waals surface area contributed by atoms with Crippen LogP contribution in [0.15, 0.2) is 18.2 Å². The minimum Gasteiger partial charge on any atom is -0.372 e. The van der Waals surface area contributed by atoms with Crippen molar-refractivity contribution >= 4 is 23.2 Å². The van der Waals surface area contributed by atoms with Crippen LogP contribution < -0.4 is 10.2 Å². The highest BCUT2D eigenvalue weighted by Crippen LogP contribution is 2.26. The number of anilines is 2. The number of hydrogen-bond acceptors (Lipinski definition) is 3. The summed E-state index contributed by atoms with van der Waals surface area (Å²) in [4.78, 5) is 28.8. The Hall–Kier alpha value is -2.04. The molecular formula is C20H31N3O2. The van der Waals surface area contributed by atoms with Gasteiger partial charge >= 0.3 is 0 Å². The van der Waals surface area contributed by atoms with Crippen molar-refractivity contribution in [3.63, 3.8) is 0 Å². The summed E-state index contributed by atoms with van der Waals surface area (Å²) in [5.74, 6) is -0.232. The molecule has 1 saturated heterocycles. The molecule has 1 aliphatic heterocycles. The molecule has 0 spiro atoms. The largest absolute Gasteiger partial charge is 0.372 e. The quantitative estimate of drug-likeness (QED) is 0.824. The van der Waals surface area contributed by atoms with Gasteiger partial charge in [-0.25, -0.2) is 0 Å². The number of rotatable bonds is 7. The molecule has 1 heterocycles. The number of nitrogens with zero attached hydrogens (tertiary/aromatic N) is 2. The fourth-order valence-electron chi connectivity index (χ4n) is 3.36.